The molecule has 9 nitrogen and oxygen atoms in total. The predicted octanol–water partition coefficient (Wildman–Crippen LogP) is 3.54. The molecule has 0 radical (unpaired) electrons. The summed E-state index contributed by atoms with van der Waals surface area (Å²) in [5.41, 5.74) is 3.30. The summed E-state index contributed by atoms with van der Waals surface area (Å²) >= 11 is 0. The number of amides is 2. The number of aromatic nitrogens is 2. The Morgan fingerprint density at radius 2 is 1.80 bits per heavy atom. The smallest absolute Gasteiger partial charge is 0.262 e. The number of hydrogen-bond donors (Lipinski definition) is 2. The standard InChI is InChI=1S/C26H24N4O5/c1-17-6-8-22(9-7-17)34-16-24(31)28-21-5-3-4-20(14-21)26-29-23(18(2)35-26)15-27-25(32)19-10-12-30(33)13-11-19/h3-14H,15-16H2,1-2H3,(H,27,32)(H,28,31). The molecule has 0 atom stereocenters. The number of hydrogen-bond acceptors (Lipinski definition) is 6. The molecule has 178 valence electrons. The summed E-state index contributed by atoms with van der Waals surface area (Å²) < 4.78 is 11.9. The molecule has 0 spiro atoms. The van der Waals surface area contributed by atoms with Gasteiger partial charge in [0.05, 0.1) is 12.1 Å². The first-order chi connectivity index (χ1) is 16.9. The van der Waals surface area contributed by atoms with Gasteiger partial charge in [-0.05, 0) is 44.2 Å². The molecule has 0 aliphatic rings. The highest BCUT2D eigenvalue weighted by Crippen LogP contribution is 2.24. The van der Waals surface area contributed by atoms with Crippen LogP contribution in [0, 0.1) is 19.1 Å². The Morgan fingerprint density at radius 1 is 1.06 bits per heavy atom. The molecule has 9 heteroatoms. The fraction of sp³-hybridized carbons (Fsp3) is 0.154. The Labute approximate surface area is 202 Å². The molecule has 2 N–H and O–H groups in total. The molecule has 2 aromatic heterocycles. The molecule has 0 unspecified atom stereocenters. The van der Waals surface area contributed by atoms with Gasteiger partial charge in [0, 0.05) is 23.4 Å². The van der Waals surface area contributed by atoms with Crippen LogP contribution in [0.4, 0.5) is 5.69 Å². The zero-order valence-corrected chi connectivity index (χ0v) is 19.3. The quantitative estimate of drug-likeness (QED) is 0.299. The van der Waals surface area contributed by atoms with Gasteiger partial charge in [-0.2, -0.15) is 4.73 Å². The van der Waals surface area contributed by atoms with Crippen LogP contribution in [0.15, 0.2) is 77.5 Å². The van der Waals surface area contributed by atoms with E-state index in [2.05, 4.69) is 15.6 Å². The number of pyridine rings is 1. The van der Waals surface area contributed by atoms with Gasteiger partial charge >= 0.3 is 0 Å². The van der Waals surface area contributed by atoms with Crippen molar-refractivity contribution < 1.29 is 23.5 Å². The number of nitrogens with zero attached hydrogens (tertiary/aromatic N) is 2. The van der Waals surface area contributed by atoms with Crippen molar-refractivity contribution in [3.63, 3.8) is 0 Å². The second kappa shape index (κ2) is 10.5. The number of rotatable bonds is 8. The van der Waals surface area contributed by atoms with Gasteiger partial charge in [-0.25, -0.2) is 4.98 Å². The molecule has 4 rings (SSSR count). The molecule has 4 aromatic rings. The van der Waals surface area contributed by atoms with Crippen molar-refractivity contribution in [2.45, 2.75) is 20.4 Å². The third-order valence-electron chi connectivity index (χ3n) is 5.16. The number of benzene rings is 2. The van der Waals surface area contributed by atoms with Crippen molar-refractivity contribution >= 4 is 17.5 Å². The van der Waals surface area contributed by atoms with Gasteiger partial charge in [0.25, 0.3) is 11.8 Å². The van der Waals surface area contributed by atoms with E-state index in [4.69, 9.17) is 9.15 Å². The average molecular weight is 473 g/mol. The number of carbonyl (C=O) groups excluding carboxylic acids is 2. The molecule has 35 heavy (non-hydrogen) atoms. The van der Waals surface area contributed by atoms with Crippen LogP contribution in [0.3, 0.4) is 0 Å². The highest BCUT2D eigenvalue weighted by atomic mass is 16.5. The topological polar surface area (TPSA) is 120 Å². The van der Waals surface area contributed by atoms with Crippen LogP contribution in [-0.2, 0) is 11.3 Å². The van der Waals surface area contributed by atoms with E-state index in [1.54, 1.807) is 25.1 Å². The number of carbonyl (C=O) groups is 2. The second-order valence-electron chi connectivity index (χ2n) is 7.88. The minimum absolute atomic E-state index is 0.120. The Morgan fingerprint density at radius 3 is 2.54 bits per heavy atom. The van der Waals surface area contributed by atoms with E-state index in [-0.39, 0.29) is 25.0 Å². The minimum atomic E-state index is -0.327. The van der Waals surface area contributed by atoms with E-state index in [1.165, 1.54) is 24.5 Å². The summed E-state index contributed by atoms with van der Waals surface area (Å²) in [5.74, 6) is 0.929. The van der Waals surface area contributed by atoms with Gasteiger partial charge in [-0.1, -0.05) is 23.8 Å². The van der Waals surface area contributed by atoms with Crippen LogP contribution in [0.2, 0.25) is 0 Å². The predicted molar refractivity (Wildman–Crippen MR) is 129 cm³/mol. The summed E-state index contributed by atoms with van der Waals surface area (Å²) in [7, 11) is 0. The minimum Gasteiger partial charge on any atom is -0.619 e. The molecular weight excluding hydrogens is 448 g/mol. The van der Waals surface area contributed by atoms with Gasteiger partial charge in [0.1, 0.15) is 17.2 Å². The number of oxazole rings is 1. The highest BCUT2D eigenvalue weighted by Gasteiger charge is 2.14. The number of anilines is 1. The van der Waals surface area contributed by atoms with Crippen molar-refractivity contribution in [1.82, 2.24) is 10.3 Å². The SMILES string of the molecule is Cc1ccc(OCC(=O)Nc2cccc(-c3nc(CNC(=O)c4cc[n+]([O-])cc4)c(C)o3)c2)cc1. The molecule has 0 fully saturated rings. The van der Waals surface area contributed by atoms with Crippen LogP contribution in [0.25, 0.3) is 11.5 Å². The molecular formula is C26H24N4O5. The Kier molecular flexibility index (Phi) is 7.06. The fourth-order valence-corrected chi connectivity index (χ4v) is 3.26. The summed E-state index contributed by atoms with van der Waals surface area (Å²) in [6.45, 7) is 3.78. The number of aryl methyl sites for hydroxylation is 2. The Bertz CT molecular complexity index is 1330. The largest absolute Gasteiger partial charge is 0.619 e. The van der Waals surface area contributed by atoms with Gasteiger partial charge in [0.15, 0.2) is 19.0 Å². The maximum atomic E-state index is 12.3. The summed E-state index contributed by atoms with van der Waals surface area (Å²) in [6, 6.07) is 17.4. The van der Waals surface area contributed by atoms with Crippen molar-refractivity contribution in [1.29, 1.82) is 0 Å². The second-order valence-corrected chi connectivity index (χ2v) is 7.88. The van der Waals surface area contributed by atoms with Gasteiger partial charge < -0.3 is 25.0 Å². The normalized spacial score (nSPS) is 10.6. The maximum absolute atomic E-state index is 12.3. The molecule has 0 aliphatic heterocycles. The van der Waals surface area contributed by atoms with Gasteiger partial charge in [0.2, 0.25) is 5.89 Å². The maximum Gasteiger partial charge on any atom is 0.262 e. The van der Waals surface area contributed by atoms with Crippen molar-refractivity contribution in [3.05, 3.63) is 101 Å². The van der Waals surface area contributed by atoms with E-state index in [1.807, 2.05) is 37.3 Å². The van der Waals surface area contributed by atoms with Crippen molar-refractivity contribution in [2.24, 2.45) is 0 Å². The molecule has 0 aliphatic carbocycles. The van der Waals surface area contributed by atoms with Gasteiger partial charge in [-0.3, -0.25) is 9.59 Å². The van der Waals surface area contributed by atoms with E-state index >= 15 is 0 Å². The van der Waals surface area contributed by atoms with E-state index < -0.39 is 0 Å². The van der Waals surface area contributed by atoms with E-state index in [9.17, 15) is 14.8 Å². The first-order valence-corrected chi connectivity index (χ1v) is 10.9. The molecule has 2 heterocycles. The first-order valence-electron chi connectivity index (χ1n) is 10.9. The molecule has 0 saturated carbocycles. The van der Waals surface area contributed by atoms with Crippen LogP contribution < -0.4 is 20.1 Å². The lowest BCUT2D eigenvalue weighted by atomic mass is 10.2. The number of ether oxygens (including phenoxy) is 1. The lowest BCUT2D eigenvalue weighted by Crippen LogP contribution is -2.27. The summed E-state index contributed by atoms with van der Waals surface area (Å²) in [5, 5.41) is 16.7. The lowest BCUT2D eigenvalue weighted by molar-refractivity contribution is -0.605. The summed E-state index contributed by atoms with van der Waals surface area (Å²) in [6.07, 6.45) is 2.52. The molecule has 0 bridgehead atoms. The van der Waals surface area contributed by atoms with E-state index in [0.717, 1.165) is 5.56 Å². The first kappa shape index (κ1) is 23.5. The fourth-order valence-electron chi connectivity index (χ4n) is 3.26. The Hall–Kier alpha value is -4.66. The zero-order valence-electron chi connectivity index (χ0n) is 19.3. The van der Waals surface area contributed by atoms with E-state index in [0.29, 0.717) is 44.6 Å². The monoisotopic (exact) mass is 472 g/mol. The van der Waals surface area contributed by atoms with Crippen molar-refractivity contribution in [2.75, 3.05) is 11.9 Å². The van der Waals surface area contributed by atoms with Crippen LogP contribution in [0.5, 0.6) is 5.75 Å². The van der Waals surface area contributed by atoms with Crippen molar-refractivity contribution in [3.8, 4) is 17.2 Å². The highest BCUT2D eigenvalue weighted by molar-refractivity contribution is 5.94. The molecule has 2 aromatic carbocycles. The van der Waals surface area contributed by atoms with Crippen LogP contribution in [-0.4, -0.2) is 23.4 Å². The zero-order chi connectivity index (χ0) is 24.8. The van der Waals surface area contributed by atoms with Crippen LogP contribution in [0.1, 0.15) is 27.4 Å². The molecule has 0 saturated heterocycles. The lowest BCUT2D eigenvalue weighted by Gasteiger charge is -2.08. The Balaban J connectivity index is 1.36. The third kappa shape index (κ3) is 6.23. The van der Waals surface area contributed by atoms with Crippen LogP contribution >= 0.6 is 0 Å². The molecule has 2 amide bonds. The number of nitrogens with one attached hydrogen (secondary N) is 2. The average Bonchev–Trinajstić information content (AvgIpc) is 3.23. The van der Waals surface area contributed by atoms with Gasteiger partial charge in [-0.15, -0.1) is 0 Å². The third-order valence-corrected chi connectivity index (χ3v) is 5.16. The summed E-state index contributed by atoms with van der Waals surface area (Å²) in [4.78, 5) is 29.1.